The molecule has 2 fully saturated rings. The lowest BCUT2D eigenvalue weighted by molar-refractivity contribution is -0.0907. The van der Waals surface area contributed by atoms with Gasteiger partial charge in [-0.15, -0.1) is 0 Å². The van der Waals surface area contributed by atoms with E-state index in [1.165, 1.54) is 16.4 Å². The molecule has 2 aromatic rings. The molecule has 5 atom stereocenters. The van der Waals surface area contributed by atoms with Gasteiger partial charge >= 0.3 is 12.2 Å². The molecule has 3 heterocycles. The maximum absolute atomic E-state index is 13.9. The molecule has 0 aromatic heterocycles. The summed E-state index contributed by atoms with van der Waals surface area (Å²) in [7, 11) is -4.09. The number of hydrogen-bond donors (Lipinski definition) is 3. The Bertz CT molecular complexity index is 1630. The molecular formula is C37H53N3O12S. The normalized spacial score (nSPS) is 20.6. The lowest BCUT2D eigenvalue weighted by atomic mass is 10.0. The molecular weight excluding hydrogens is 710 g/mol. The van der Waals surface area contributed by atoms with Crippen LogP contribution < -0.4 is 24.8 Å². The molecule has 0 aliphatic carbocycles. The molecule has 5 rings (SSSR count). The van der Waals surface area contributed by atoms with Gasteiger partial charge in [0.05, 0.1) is 42.8 Å². The molecule has 2 amide bonds. The Morgan fingerprint density at radius 2 is 1.75 bits per heavy atom. The molecule has 0 unspecified atom stereocenters. The van der Waals surface area contributed by atoms with Gasteiger partial charge in [0.1, 0.15) is 17.5 Å². The summed E-state index contributed by atoms with van der Waals surface area (Å²) in [5, 5.41) is 17.2. The number of sulfonamides is 1. The Hall–Kier alpha value is -3.83. The van der Waals surface area contributed by atoms with Gasteiger partial charge in [-0.25, -0.2) is 18.0 Å². The highest BCUT2D eigenvalue weighted by atomic mass is 32.2. The number of benzene rings is 2. The largest absolute Gasteiger partial charge is 0.494 e. The molecule has 2 saturated heterocycles. The minimum Gasteiger partial charge on any atom is -0.494 e. The number of nitrogens with one attached hydrogen (secondary N) is 2. The highest BCUT2D eigenvalue weighted by Gasteiger charge is 2.44. The van der Waals surface area contributed by atoms with E-state index in [9.17, 15) is 23.1 Å². The van der Waals surface area contributed by atoms with Gasteiger partial charge in [0.25, 0.3) is 0 Å². The summed E-state index contributed by atoms with van der Waals surface area (Å²) in [6.45, 7) is 10.6. The van der Waals surface area contributed by atoms with Crippen LogP contribution in [0.25, 0.3) is 0 Å². The fraction of sp³-hybridized carbons (Fsp3) is 0.622. The smallest absolute Gasteiger partial charge is 0.407 e. The lowest BCUT2D eigenvalue weighted by Gasteiger charge is -2.31. The second-order valence-corrected chi connectivity index (χ2v) is 16.8. The fourth-order valence-corrected chi connectivity index (χ4v) is 7.89. The van der Waals surface area contributed by atoms with Gasteiger partial charge in [0.15, 0.2) is 17.8 Å². The van der Waals surface area contributed by atoms with E-state index in [1.807, 2.05) is 46.8 Å². The highest BCUT2D eigenvalue weighted by Crippen LogP contribution is 2.35. The monoisotopic (exact) mass is 763 g/mol. The van der Waals surface area contributed by atoms with Crippen LogP contribution >= 0.6 is 0 Å². The number of ether oxygens (including phenoxy) is 7. The number of fused-ring (bicyclic) bond motifs is 2. The number of amides is 2. The van der Waals surface area contributed by atoms with Crippen LogP contribution in [0.4, 0.5) is 9.59 Å². The summed E-state index contributed by atoms with van der Waals surface area (Å²) >= 11 is 0. The molecule has 294 valence electrons. The average Bonchev–Trinajstić information content (AvgIpc) is 3.84. The number of unbranched alkanes of at least 4 members (excludes halogenated alkanes) is 1. The lowest BCUT2D eigenvalue weighted by Crippen LogP contribution is -2.51. The van der Waals surface area contributed by atoms with E-state index in [-0.39, 0.29) is 49.6 Å². The van der Waals surface area contributed by atoms with Crippen molar-refractivity contribution in [1.29, 1.82) is 0 Å². The van der Waals surface area contributed by atoms with Gasteiger partial charge in [0.2, 0.25) is 16.8 Å². The fourth-order valence-electron chi connectivity index (χ4n) is 6.25. The van der Waals surface area contributed by atoms with Crippen molar-refractivity contribution in [1.82, 2.24) is 14.9 Å². The number of hydrogen-bond acceptors (Lipinski definition) is 12. The summed E-state index contributed by atoms with van der Waals surface area (Å²) in [5.41, 5.74) is 0.214. The molecule has 3 aliphatic heterocycles. The van der Waals surface area contributed by atoms with Crippen molar-refractivity contribution < 1.29 is 56.3 Å². The van der Waals surface area contributed by atoms with E-state index >= 15 is 0 Å². The zero-order chi connectivity index (χ0) is 38.2. The topological polar surface area (TPSA) is 180 Å². The van der Waals surface area contributed by atoms with Crippen molar-refractivity contribution in [3.05, 3.63) is 48.0 Å². The molecule has 0 saturated carbocycles. The molecule has 0 radical (unpaired) electrons. The average molecular weight is 764 g/mol. The van der Waals surface area contributed by atoms with Crippen LogP contribution in [0.1, 0.15) is 59.4 Å². The molecule has 53 heavy (non-hydrogen) atoms. The van der Waals surface area contributed by atoms with Crippen molar-refractivity contribution in [3.63, 3.8) is 0 Å². The number of aliphatic hydroxyl groups excluding tert-OH is 1. The first kappa shape index (κ1) is 40.4. The number of carbonyl (C=O) groups is 2. The van der Waals surface area contributed by atoms with Gasteiger partial charge in [-0.2, -0.15) is 4.31 Å². The van der Waals surface area contributed by atoms with E-state index in [0.717, 1.165) is 5.56 Å². The summed E-state index contributed by atoms with van der Waals surface area (Å²) < 4.78 is 67.9. The van der Waals surface area contributed by atoms with E-state index in [1.54, 1.807) is 18.2 Å². The van der Waals surface area contributed by atoms with Gasteiger partial charge in [0, 0.05) is 25.7 Å². The van der Waals surface area contributed by atoms with Gasteiger partial charge in [-0.3, -0.25) is 0 Å². The Labute approximate surface area is 311 Å². The van der Waals surface area contributed by atoms with Crippen LogP contribution in [0.15, 0.2) is 47.4 Å². The zero-order valence-electron chi connectivity index (χ0n) is 31.1. The SMILES string of the molecule is CC(C)CN(C[C@@H](O)[C@H](Cc1ccc(OCCCCNC(=O)OC(C)(C)C)cc1)NC(=O)O[C@@H]1CO[C@H]2OCC[C@H]21)S(=O)(=O)c1ccc2c(c1)OCO2. The van der Waals surface area contributed by atoms with E-state index < -0.39 is 52.4 Å². The third kappa shape index (κ3) is 11.6. The maximum atomic E-state index is 13.9. The van der Waals surface area contributed by atoms with Gasteiger partial charge in [-0.05, 0) is 82.2 Å². The summed E-state index contributed by atoms with van der Waals surface area (Å²) in [6.07, 6.45) is -1.15. The number of carbonyl (C=O) groups excluding carboxylic acids is 2. The predicted molar refractivity (Wildman–Crippen MR) is 192 cm³/mol. The summed E-state index contributed by atoms with van der Waals surface area (Å²) in [5.74, 6) is 1.26. The quantitative estimate of drug-likeness (QED) is 0.196. The third-order valence-electron chi connectivity index (χ3n) is 8.84. The standard InChI is InChI=1S/C37H53N3O12S/c1-24(2)20-40(53(44,45)27-12-13-31-32(19-27)50-23-49-31)21-30(41)29(39-36(43)51-33-22-48-34-28(33)14-17-47-34)18-25-8-10-26(11-9-25)46-16-7-6-15-38-35(42)52-37(3,4)5/h8-13,19,24,28-30,33-34,41H,6-7,14-18,20-23H2,1-5H3,(H,38,42)(H,39,43)/t28-,29-,30+,33+,34+/m0/s1. The summed E-state index contributed by atoms with van der Waals surface area (Å²) in [4.78, 5) is 25.1. The minimum atomic E-state index is -4.09. The van der Waals surface area contributed by atoms with Crippen LogP contribution in [0.3, 0.4) is 0 Å². The molecule has 16 heteroatoms. The van der Waals surface area contributed by atoms with Crippen molar-refractivity contribution >= 4 is 22.2 Å². The number of alkyl carbamates (subject to hydrolysis) is 2. The number of nitrogens with zero attached hydrogens (tertiary/aromatic N) is 1. The van der Waals surface area contributed by atoms with Crippen molar-refractivity contribution in [2.24, 2.45) is 11.8 Å². The van der Waals surface area contributed by atoms with Crippen LogP contribution in [0.5, 0.6) is 17.2 Å². The van der Waals surface area contributed by atoms with Gasteiger partial charge in [-0.1, -0.05) is 26.0 Å². The second kappa shape index (κ2) is 18.0. The maximum Gasteiger partial charge on any atom is 0.407 e. The van der Waals surface area contributed by atoms with Gasteiger partial charge < -0.3 is 48.9 Å². The first-order valence-corrected chi connectivity index (χ1v) is 19.6. The van der Waals surface area contributed by atoms with E-state index in [0.29, 0.717) is 56.3 Å². The Balaban J connectivity index is 1.23. The van der Waals surface area contributed by atoms with Crippen LogP contribution in [-0.4, -0.2) is 106 Å². The first-order chi connectivity index (χ1) is 25.2. The Morgan fingerprint density at radius 1 is 1.00 bits per heavy atom. The molecule has 15 nitrogen and oxygen atoms in total. The van der Waals surface area contributed by atoms with E-state index in [2.05, 4.69) is 10.6 Å². The van der Waals surface area contributed by atoms with Crippen molar-refractivity contribution in [3.8, 4) is 17.2 Å². The minimum absolute atomic E-state index is 0.000311. The molecule has 2 aromatic carbocycles. The Morgan fingerprint density at radius 3 is 2.49 bits per heavy atom. The van der Waals surface area contributed by atoms with Crippen LogP contribution in [-0.2, 0) is 35.4 Å². The summed E-state index contributed by atoms with van der Waals surface area (Å²) in [6, 6.07) is 10.7. The van der Waals surface area contributed by atoms with Crippen LogP contribution in [0, 0.1) is 11.8 Å². The predicted octanol–water partition coefficient (Wildman–Crippen LogP) is 4.21. The molecule has 3 N–H and O–H groups in total. The first-order valence-electron chi connectivity index (χ1n) is 18.1. The Kier molecular flexibility index (Phi) is 13.7. The van der Waals surface area contributed by atoms with Crippen molar-refractivity contribution in [2.75, 3.05) is 46.2 Å². The third-order valence-corrected chi connectivity index (χ3v) is 10.7. The van der Waals surface area contributed by atoms with Crippen molar-refractivity contribution in [2.45, 2.75) is 95.3 Å². The highest BCUT2D eigenvalue weighted by molar-refractivity contribution is 7.89. The van der Waals surface area contributed by atoms with E-state index in [4.69, 9.17) is 33.2 Å². The molecule has 3 aliphatic rings. The zero-order valence-corrected chi connectivity index (χ0v) is 31.9. The number of rotatable bonds is 17. The molecule has 0 spiro atoms. The number of aliphatic hydroxyl groups is 1. The second-order valence-electron chi connectivity index (χ2n) is 14.9. The molecule has 0 bridgehead atoms. The van der Waals surface area contributed by atoms with Crippen LogP contribution in [0.2, 0.25) is 0 Å².